The normalized spacial score (nSPS) is 12.0. The largest absolute Gasteiger partial charge is 0.488 e. The van der Waals surface area contributed by atoms with Crippen LogP contribution in [0.4, 0.5) is 0 Å². The number of rotatable bonds is 5. The molecule has 1 aliphatic heterocycles. The summed E-state index contributed by atoms with van der Waals surface area (Å²) in [5.41, 5.74) is 10.9. The van der Waals surface area contributed by atoms with E-state index in [0.29, 0.717) is 24.1 Å². The molecule has 7 aromatic carbocycles. The van der Waals surface area contributed by atoms with Crippen molar-refractivity contribution < 1.29 is 4.74 Å². The summed E-state index contributed by atoms with van der Waals surface area (Å²) in [6, 6.07) is 57.2. The van der Waals surface area contributed by atoms with Crippen LogP contribution in [0, 0.1) is 0 Å². The van der Waals surface area contributed by atoms with Crippen LogP contribution in [0.1, 0.15) is 5.56 Å². The summed E-state index contributed by atoms with van der Waals surface area (Å²) in [4.78, 5) is 15.5. The van der Waals surface area contributed by atoms with Gasteiger partial charge in [0.2, 0.25) is 0 Å². The average Bonchev–Trinajstić information content (AvgIpc) is 3.60. The Balaban J connectivity index is 1.14. The Morgan fingerprint density at radius 3 is 1.94 bits per heavy atom. The minimum absolute atomic E-state index is 0.571. The third-order valence-electron chi connectivity index (χ3n) is 9.66. The van der Waals surface area contributed by atoms with Crippen LogP contribution in [0.25, 0.3) is 87.7 Å². The van der Waals surface area contributed by atoms with E-state index in [2.05, 4.69) is 158 Å². The Hall–Kier alpha value is -6.43. The summed E-state index contributed by atoms with van der Waals surface area (Å²) in [5, 5.41) is 2.46. The molecule has 10 rings (SSSR count). The van der Waals surface area contributed by atoms with E-state index in [1.807, 2.05) is 6.07 Å². The van der Waals surface area contributed by atoms with Crippen molar-refractivity contribution in [2.24, 2.45) is 0 Å². The first-order valence-corrected chi connectivity index (χ1v) is 17.9. The fourth-order valence-corrected chi connectivity index (χ4v) is 8.37. The van der Waals surface area contributed by atoms with Crippen LogP contribution in [0.15, 0.2) is 164 Å². The van der Waals surface area contributed by atoms with Crippen molar-refractivity contribution in [3.63, 3.8) is 0 Å². The molecule has 1 aliphatic rings. The van der Waals surface area contributed by atoms with Crippen molar-refractivity contribution in [3.8, 4) is 73.3 Å². The molecular weight excluding hydrogens is 643 g/mol. The molecule has 3 heterocycles. The average molecular weight is 672 g/mol. The third kappa shape index (κ3) is 5.18. The first-order valence-electron chi connectivity index (χ1n) is 17.0. The number of fused-ring (bicyclic) bond motifs is 6. The maximum Gasteiger partial charge on any atom is 0.165 e. The summed E-state index contributed by atoms with van der Waals surface area (Å²) in [7, 11) is 0. The quantitative estimate of drug-likeness (QED) is 0.183. The second-order valence-corrected chi connectivity index (χ2v) is 13.8. The van der Waals surface area contributed by atoms with Gasteiger partial charge in [-0.2, -0.15) is 0 Å². The van der Waals surface area contributed by atoms with Crippen molar-refractivity contribution in [3.05, 3.63) is 169 Å². The highest BCUT2D eigenvalue weighted by molar-refractivity contribution is 7.26. The van der Waals surface area contributed by atoms with Gasteiger partial charge in [-0.15, -0.1) is 11.3 Å². The van der Waals surface area contributed by atoms with Crippen LogP contribution in [0.3, 0.4) is 0 Å². The molecule has 0 aliphatic carbocycles. The van der Waals surface area contributed by atoms with E-state index in [1.54, 1.807) is 11.3 Å². The standard InChI is InChI=1S/C46H29N3OS/c1-2-11-29(12-3-1)30-23-25-31(26-24-30)44-47-45(49-46(48-44)39-20-9-19-38-37-17-6-7-22-41(37)51-43(38)39)33-15-8-14-32(27-33)35-18-10-21-40-42(35)36-16-5-4-13-34(36)28-50-40/h1-27H,28H2. The summed E-state index contributed by atoms with van der Waals surface area (Å²) in [5.74, 6) is 2.82. The molecule has 4 nitrogen and oxygen atoms in total. The molecule has 5 heteroatoms. The summed E-state index contributed by atoms with van der Waals surface area (Å²) < 4.78 is 8.63. The van der Waals surface area contributed by atoms with Crippen molar-refractivity contribution in [2.75, 3.05) is 0 Å². The van der Waals surface area contributed by atoms with Crippen LogP contribution in [-0.4, -0.2) is 15.0 Å². The van der Waals surface area contributed by atoms with Gasteiger partial charge in [0.1, 0.15) is 12.4 Å². The zero-order valence-corrected chi connectivity index (χ0v) is 28.3. The van der Waals surface area contributed by atoms with E-state index >= 15 is 0 Å². The van der Waals surface area contributed by atoms with Crippen molar-refractivity contribution in [1.29, 1.82) is 0 Å². The molecule has 0 N–H and O–H groups in total. The predicted octanol–water partition coefficient (Wildman–Crippen LogP) is 12.1. The van der Waals surface area contributed by atoms with Gasteiger partial charge in [-0.25, -0.2) is 15.0 Å². The maximum atomic E-state index is 6.22. The molecule has 0 saturated carbocycles. The maximum absolute atomic E-state index is 6.22. The number of hydrogen-bond acceptors (Lipinski definition) is 5. The first-order chi connectivity index (χ1) is 25.3. The lowest BCUT2D eigenvalue weighted by molar-refractivity contribution is 0.302. The van der Waals surface area contributed by atoms with Gasteiger partial charge in [-0.1, -0.05) is 140 Å². The van der Waals surface area contributed by atoms with Crippen LogP contribution >= 0.6 is 11.3 Å². The van der Waals surface area contributed by atoms with Crippen LogP contribution in [0.2, 0.25) is 0 Å². The van der Waals surface area contributed by atoms with Gasteiger partial charge in [0.25, 0.3) is 0 Å². The highest BCUT2D eigenvalue weighted by atomic mass is 32.1. The first kappa shape index (κ1) is 29.5. The van der Waals surface area contributed by atoms with Gasteiger partial charge < -0.3 is 4.74 Å². The van der Waals surface area contributed by atoms with E-state index < -0.39 is 0 Å². The lowest BCUT2D eigenvalue weighted by Gasteiger charge is -2.23. The Morgan fingerprint density at radius 2 is 1.04 bits per heavy atom. The summed E-state index contributed by atoms with van der Waals surface area (Å²) >= 11 is 1.78. The zero-order chi connectivity index (χ0) is 33.7. The zero-order valence-electron chi connectivity index (χ0n) is 27.5. The second kappa shape index (κ2) is 12.2. The molecule has 0 fully saturated rings. The van der Waals surface area contributed by atoms with Crippen molar-refractivity contribution >= 4 is 31.5 Å². The monoisotopic (exact) mass is 671 g/mol. The SMILES string of the molecule is c1ccc(-c2ccc(-c3nc(-c4cccc(-c5cccc6c5-c5ccccc5CO6)c4)nc(-c4cccc5c4sc4ccccc45)n3)cc2)cc1. The summed E-state index contributed by atoms with van der Waals surface area (Å²) in [6.45, 7) is 0.571. The Kier molecular flexibility index (Phi) is 7.03. The smallest absolute Gasteiger partial charge is 0.165 e. The topological polar surface area (TPSA) is 47.9 Å². The van der Waals surface area contributed by atoms with Gasteiger partial charge >= 0.3 is 0 Å². The molecule has 0 radical (unpaired) electrons. The molecule has 51 heavy (non-hydrogen) atoms. The van der Waals surface area contributed by atoms with Crippen molar-refractivity contribution in [2.45, 2.75) is 6.61 Å². The number of benzene rings is 7. The molecular formula is C46H29N3OS. The van der Waals surface area contributed by atoms with Crippen LogP contribution in [-0.2, 0) is 6.61 Å². The van der Waals surface area contributed by atoms with Crippen molar-refractivity contribution in [1.82, 2.24) is 15.0 Å². The second-order valence-electron chi connectivity index (χ2n) is 12.7. The highest BCUT2D eigenvalue weighted by Crippen LogP contribution is 2.45. The molecule has 0 saturated heterocycles. The van der Waals surface area contributed by atoms with Gasteiger partial charge in [-0.3, -0.25) is 0 Å². The van der Waals surface area contributed by atoms with Gasteiger partial charge in [0, 0.05) is 42.4 Å². The number of ether oxygens (including phenoxy) is 1. The molecule has 0 atom stereocenters. The lowest BCUT2D eigenvalue weighted by Crippen LogP contribution is -2.06. The Bertz CT molecular complexity index is 2750. The molecule has 0 bridgehead atoms. The van der Waals surface area contributed by atoms with Crippen LogP contribution in [0.5, 0.6) is 5.75 Å². The van der Waals surface area contributed by atoms with E-state index in [4.69, 9.17) is 19.7 Å². The molecule has 9 aromatic rings. The van der Waals surface area contributed by atoms with Gasteiger partial charge in [-0.05, 0) is 57.6 Å². The molecule has 0 amide bonds. The third-order valence-corrected chi connectivity index (χ3v) is 10.9. The minimum atomic E-state index is 0.571. The van der Waals surface area contributed by atoms with E-state index in [-0.39, 0.29) is 0 Å². The van der Waals surface area contributed by atoms with E-state index in [9.17, 15) is 0 Å². The molecule has 0 unspecified atom stereocenters. The Morgan fingerprint density at radius 1 is 0.431 bits per heavy atom. The van der Waals surface area contributed by atoms with E-state index in [0.717, 1.165) is 44.7 Å². The molecule has 240 valence electrons. The minimum Gasteiger partial charge on any atom is -0.488 e. The number of thiophene rings is 1. The van der Waals surface area contributed by atoms with Gasteiger partial charge in [0.05, 0.1) is 0 Å². The molecule has 2 aromatic heterocycles. The van der Waals surface area contributed by atoms with Gasteiger partial charge in [0.15, 0.2) is 17.5 Å². The highest BCUT2D eigenvalue weighted by Gasteiger charge is 2.22. The number of hydrogen-bond donors (Lipinski definition) is 0. The van der Waals surface area contributed by atoms with E-state index in [1.165, 1.54) is 36.9 Å². The fourth-order valence-electron chi connectivity index (χ4n) is 7.16. The predicted molar refractivity (Wildman–Crippen MR) is 210 cm³/mol. The fraction of sp³-hybridized carbons (Fsp3) is 0.0217. The molecule has 0 spiro atoms. The lowest BCUT2D eigenvalue weighted by atomic mass is 9.89. The number of nitrogens with zero attached hydrogens (tertiary/aromatic N) is 3. The summed E-state index contributed by atoms with van der Waals surface area (Å²) in [6.07, 6.45) is 0. The Labute approximate surface area is 299 Å². The number of aromatic nitrogens is 3. The van der Waals surface area contributed by atoms with Crippen LogP contribution < -0.4 is 4.74 Å².